The Labute approximate surface area is 177 Å². The fourth-order valence-corrected chi connectivity index (χ4v) is 4.26. The molecule has 148 valence electrons. The summed E-state index contributed by atoms with van der Waals surface area (Å²) in [5, 5.41) is 10.6. The maximum Gasteiger partial charge on any atom is 0.197 e. The zero-order valence-corrected chi connectivity index (χ0v) is 17.1. The lowest BCUT2D eigenvalue weighted by atomic mass is 10.2. The van der Waals surface area contributed by atoms with Crippen molar-refractivity contribution < 1.29 is 9.47 Å². The van der Waals surface area contributed by atoms with Crippen LogP contribution in [0.25, 0.3) is 0 Å². The molecule has 9 heteroatoms. The average Bonchev–Trinajstić information content (AvgIpc) is 3.51. The Bertz CT molecular complexity index is 1070. The molecular formula is C20H18ClN5O2S. The molecule has 1 aliphatic carbocycles. The molecule has 29 heavy (non-hydrogen) atoms. The highest BCUT2D eigenvalue weighted by Gasteiger charge is 2.30. The Morgan fingerprint density at radius 2 is 2.03 bits per heavy atom. The van der Waals surface area contributed by atoms with Crippen molar-refractivity contribution in [3.8, 4) is 11.5 Å². The summed E-state index contributed by atoms with van der Waals surface area (Å²) in [7, 11) is 0. The number of benzene rings is 1. The topological polar surface area (TPSA) is 75.0 Å². The van der Waals surface area contributed by atoms with Gasteiger partial charge in [-0.05, 0) is 36.7 Å². The van der Waals surface area contributed by atoms with E-state index < -0.39 is 0 Å². The van der Waals surface area contributed by atoms with Crippen LogP contribution in [0.1, 0.15) is 36.5 Å². The zero-order chi connectivity index (χ0) is 19.8. The predicted octanol–water partition coefficient (Wildman–Crippen LogP) is 4.45. The molecule has 0 amide bonds. The van der Waals surface area contributed by atoms with Gasteiger partial charge in [0.1, 0.15) is 22.6 Å². The van der Waals surface area contributed by atoms with E-state index in [9.17, 15) is 0 Å². The fraction of sp³-hybridized carbons (Fsp3) is 0.300. The molecule has 0 saturated heterocycles. The van der Waals surface area contributed by atoms with E-state index in [1.54, 1.807) is 12.1 Å². The molecule has 0 spiro atoms. The van der Waals surface area contributed by atoms with Gasteiger partial charge in [-0.25, -0.2) is 9.97 Å². The first kappa shape index (κ1) is 18.4. The first-order valence-electron chi connectivity index (χ1n) is 9.36. The first-order chi connectivity index (χ1) is 14.2. The lowest BCUT2D eigenvalue weighted by Crippen LogP contribution is -2.25. The second kappa shape index (κ2) is 7.68. The molecule has 0 bridgehead atoms. The number of hydrogen-bond acceptors (Lipinski definition) is 7. The van der Waals surface area contributed by atoms with Crippen LogP contribution in [0.5, 0.6) is 11.5 Å². The maximum atomic E-state index is 6.20. The summed E-state index contributed by atoms with van der Waals surface area (Å²) in [5.41, 5.74) is 0. The summed E-state index contributed by atoms with van der Waals surface area (Å²) in [5.74, 6) is 3.33. The highest BCUT2D eigenvalue weighted by atomic mass is 35.5. The largest absolute Gasteiger partial charge is 0.485 e. The Kier molecular flexibility index (Phi) is 4.89. The Balaban J connectivity index is 1.43. The Morgan fingerprint density at radius 3 is 2.83 bits per heavy atom. The SMILES string of the molecule is C=CCn1c(Sc2cc(Cl)nc(C3CC3)n2)nnc1C1COc2ccccc2O1. The van der Waals surface area contributed by atoms with Gasteiger partial charge in [-0.15, -0.1) is 16.8 Å². The molecule has 0 radical (unpaired) electrons. The molecule has 5 rings (SSSR count). The van der Waals surface area contributed by atoms with Gasteiger partial charge >= 0.3 is 0 Å². The minimum absolute atomic E-state index is 0.359. The van der Waals surface area contributed by atoms with Crippen LogP contribution in [-0.2, 0) is 6.54 Å². The van der Waals surface area contributed by atoms with E-state index in [0.717, 1.165) is 29.4 Å². The van der Waals surface area contributed by atoms with Crippen LogP contribution in [0.15, 0.2) is 53.2 Å². The third kappa shape index (κ3) is 3.82. The van der Waals surface area contributed by atoms with E-state index >= 15 is 0 Å². The number of nitrogens with zero attached hydrogens (tertiary/aromatic N) is 5. The molecule has 1 aliphatic heterocycles. The number of fused-ring (bicyclic) bond motifs is 1. The van der Waals surface area contributed by atoms with Crippen LogP contribution in [0, 0.1) is 0 Å². The quantitative estimate of drug-likeness (QED) is 0.425. The second-order valence-corrected chi connectivity index (χ2v) is 8.24. The number of halogens is 1. The molecular weight excluding hydrogens is 410 g/mol. The lowest BCUT2D eigenvalue weighted by Gasteiger charge is -2.26. The number of allylic oxidation sites excluding steroid dienone is 1. The number of rotatable bonds is 6. The first-order valence-corrected chi connectivity index (χ1v) is 10.6. The molecule has 1 atom stereocenters. The van der Waals surface area contributed by atoms with E-state index in [-0.39, 0.29) is 6.10 Å². The van der Waals surface area contributed by atoms with Crippen molar-refractivity contribution in [3.05, 3.63) is 59.8 Å². The maximum absolute atomic E-state index is 6.20. The normalized spacial score (nSPS) is 17.9. The molecule has 1 aromatic carbocycles. The van der Waals surface area contributed by atoms with Crippen LogP contribution in [0.4, 0.5) is 0 Å². The molecule has 1 fully saturated rings. The van der Waals surface area contributed by atoms with Crippen molar-refractivity contribution in [1.29, 1.82) is 0 Å². The van der Waals surface area contributed by atoms with Gasteiger partial charge in [0.25, 0.3) is 0 Å². The van der Waals surface area contributed by atoms with E-state index in [0.29, 0.717) is 41.0 Å². The number of ether oxygens (including phenoxy) is 2. The molecule has 1 saturated carbocycles. The average molecular weight is 428 g/mol. The van der Waals surface area contributed by atoms with Gasteiger partial charge < -0.3 is 9.47 Å². The van der Waals surface area contributed by atoms with Crippen molar-refractivity contribution in [2.24, 2.45) is 0 Å². The van der Waals surface area contributed by atoms with Gasteiger partial charge in [0.05, 0.1) is 0 Å². The van der Waals surface area contributed by atoms with Crippen molar-refractivity contribution in [2.75, 3.05) is 6.61 Å². The predicted molar refractivity (Wildman–Crippen MR) is 109 cm³/mol. The third-order valence-corrected chi connectivity index (χ3v) is 5.78. The molecule has 3 heterocycles. The van der Waals surface area contributed by atoms with Crippen molar-refractivity contribution in [3.63, 3.8) is 0 Å². The fourth-order valence-electron chi connectivity index (χ4n) is 3.14. The van der Waals surface area contributed by atoms with Crippen LogP contribution in [0.3, 0.4) is 0 Å². The molecule has 1 unspecified atom stereocenters. The highest BCUT2D eigenvalue weighted by molar-refractivity contribution is 7.99. The molecule has 0 N–H and O–H groups in total. The van der Waals surface area contributed by atoms with E-state index in [2.05, 4.69) is 26.7 Å². The molecule has 2 aliphatic rings. The summed E-state index contributed by atoms with van der Waals surface area (Å²) in [6.07, 6.45) is 3.67. The number of para-hydroxylation sites is 2. The standard InChI is InChI=1S/C20H18ClN5O2S/c1-2-9-26-19(15-11-27-13-5-3-4-6-14(13)28-15)24-25-20(26)29-17-10-16(21)22-18(23-17)12-7-8-12/h2-6,10,12,15H,1,7-9,11H2. The minimum Gasteiger partial charge on any atom is -0.485 e. The number of hydrogen-bond donors (Lipinski definition) is 0. The van der Waals surface area contributed by atoms with Crippen molar-refractivity contribution >= 4 is 23.4 Å². The number of aromatic nitrogens is 5. The van der Waals surface area contributed by atoms with Crippen LogP contribution in [-0.4, -0.2) is 31.3 Å². The second-order valence-electron chi connectivity index (χ2n) is 6.87. The smallest absolute Gasteiger partial charge is 0.197 e. The summed E-state index contributed by atoms with van der Waals surface area (Å²) in [6.45, 7) is 4.77. The minimum atomic E-state index is -0.359. The lowest BCUT2D eigenvalue weighted by molar-refractivity contribution is 0.0821. The van der Waals surface area contributed by atoms with Crippen LogP contribution < -0.4 is 9.47 Å². The van der Waals surface area contributed by atoms with Crippen LogP contribution in [0.2, 0.25) is 5.15 Å². The van der Waals surface area contributed by atoms with Gasteiger partial charge in [0, 0.05) is 18.5 Å². The monoisotopic (exact) mass is 427 g/mol. The molecule has 7 nitrogen and oxygen atoms in total. The van der Waals surface area contributed by atoms with Gasteiger partial charge in [0.2, 0.25) is 0 Å². The summed E-state index contributed by atoms with van der Waals surface area (Å²) < 4.78 is 13.9. The van der Waals surface area contributed by atoms with Crippen molar-refractivity contribution in [1.82, 2.24) is 24.7 Å². The van der Waals surface area contributed by atoms with Gasteiger partial charge in [-0.1, -0.05) is 29.8 Å². The van der Waals surface area contributed by atoms with E-state index in [1.165, 1.54) is 11.8 Å². The molecule has 3 aromatic rings. The van der Waals surface area contributed by atoms with Gasteiger partial charge in [-0.3, -0.25) is 4.57 Å². The zero-order valence-electron chi connectivity index (χ0n) is 15.5. The highest BCUT2D eigenvalue weighted by Crippen LogP contribution is 2.40. The van der Waals surface area contributed by atoms with E-state index in [1.807, 2.05) is 28.8 Å². The summed E-state index contributed by atoms with van der Waals surface area (Å²) in [6, 6.07) is 9.35. The summed E-state index contributed by atoms with van der Waals surface area (Å²) in [4.78, 5) is 8.99. The van der Waals surface area contributed by atoms with Gasteiger partial charge in [-0.2, -0.15) is 0 Å². The summed E-state index contributed by atoms with van der Waals surface area (Å²) >= 11 is 7.61. The van der Waals surface area contributed by atoms with E-state index in [4.69, 9.17) is 21.1 Å². The molecule has 2 aromatic heterocycles. The third-order valence-electron chi connectivity index (χ3n) is 4.68. The van der Waals surface area contributed by atoms with Crippen molar-refractivity contribution in [2.45, 2.75) is 41.6 Å². The van der Waals surface area contributed by atoms with Crippen LogP contribution >= 0.6 is 23.4 Å². The van der Waals surface area contributed by atoms with Gasteiger partial charge in [0.15, 0.2) is 28.6 Å². The Hall–Kier alpha value is -2.58. The Morgan fingerprint density at radius 1 is 1.21 bits per heavy atom.